The summed E-state index contributed by atoms with van der Waals surface area (Å²) in [5, 5.41) is 13.4. The van der Waals surface area contributed by atoms with Crippen LogP contribution in [-0.4, -0.2) is 29.3 Å². The van der Waals surface area contributed by atoms with E-state index in [9.17, 15) is 4.79 Å². The molecule has 0 saturated heterocycles. The number of nitrogens with one attached hydrogen (secondary N) is 2. The van der Waals surface area contributed by atoms with Crippen LogP contribution in [0, 0.1) is 0 Å². The Morgan fingerprint density at radius 1 is 1.10 bits per heavy atom. The third kappa shape index (κ3) is 6.63. The van der Waals surface area contributed by atoms with Crippen molar-refractivity contribution in [1.29, 1.82) is 0 Å². The van der Waals surface area contributed by atoms with E-state index in [0.717, 1.165) is 16.9 Å². The van der Waals surface area contributed by atoms with Gasteiger partial charge >= 0.3 is 0 Å². The normalized spacial score (nSPS) is 10.2. The summed E-state index contributed by atoms with van der Waals surface area (Å²) < 4.78 is 10.2. The molecule has 0 spiro atoms. The fraction of sp³-hybridized carbons (Fsp3) is 0.211. The Labute approximate surface area is 179 Å². The number of amides is 1. The van der Waals surface area contributed by atoms with Crippen LogP contribution in [0.5, 0.6) is 5.75 Å². The van der Waals surface area contributed by atoms with Gasteiger partial charge in [0.15, 0.2) is 0 Å². The van der Waals surface area contributed by atoms with Crippen molar-refractivity contribution >= 4 is 35.7 Å². The highest BCUT2D eigenvalue weighted by Crippen LogP contribution is 2.19. The molecule has 29 heavy (non-hydrogen) atoms. The van der Waals surface area contributed by atoms with Crippen LogP contribution >= 0.6 is 24.0 Å². The molecule has 2 aromatic carbocycles. The van der Waals surface area contributed by atoms with Crippen molar-refractivity contribution in [1.82, 2.24) is 20.9 Å². The van der Waals surface area contributed by atoms with Crippen LogP contribution < -0.4 is 21.1 Å². The number of nitrogen functional groups attached to an aromatic ring is 1. The van der Waals surface area contributed by atoms with Gasteiger partial charge in [0.1, 0.15) is 12.4 Å². The lowest BCUT2D eigenvalue weighted by atomic mass is 10.2. The second-order valence-electron chi connectivity index (χ2n) is 5.95. The van der Waals surface area contributed by atoms with Gasteiger partial charge in [-0.1, -0.05) is 41.9 Å². The first kappa shape index (κ1) is 22.5. The van der Waals surface area contributed by atoms with Gasteiger partial charge in [0.05, 0.1) is 0 Å². The van der Waals surface area contributed by atoms with Crippen LogP contribution in [0.2, 0.25) is 5.02 Å². The predicted octanol–water partition coefficient (Wildman–Crippen LogP) is 2.83. The van der Waals surface area contributed by atoms with E-state index in [4.69, 9.17) is 22.1 Å². The van der Waals surface area contributed by atoms with E-state index in [2.05, 4.69) is 25.6 Å². The Morgan fingerprint density at radius 3 is 2.55 bits per heavy atom. The first-order chi connectivity index (χ1) is 13.6. The molecule has 0 aliphatic rings. The molecule has 0 bridgehead atoms. The Bertz CT molecular complexity index is 918. The van der Waals surface area contributed by atoms with Gasteiger partial charge in [0.2, 0.25) is 11.5 Å². The standard InChI is InChI=1S/C19H20ClN5O3.ClH/c20-16-4-2-1-3-14(16)12-27-15-7-5-13(6-8-15)11-22-9-10-23-19(26)17-18(21)25-28-24-17;/h1-8,22H,9-12H2,(H2,21,25)(H,23,26);1H. The molecule has 1 amide bonds. The number of benzene rings is 2. The van der Waals surface area contributed by atoms with Crippen LogP contribution in [0.4, 0.5) is 5.82 Å². The minimum atomic E-state index is -0.416. The molecular formula is C19H21Cl2N5O3. The van der Waals surface area contributed by atoms with E-state index < -0.39 is 5.91 Å². The lowest BCUT2D eigenvalue weighted by Gasteiger charge is -2.09. The number of hydrogen-bond acceptors (Lipinski definition) is 7. The fourth-order valence-corrected chi connectivity index (χ4v) is 2.60. The van der Waals surface area contributed by atoms with Gasteiger partial charge in [-0.25, -0.2) is 4.63 Å². The van der Waals surface area contributed by atoms with Crippen LogP contribution in [-0.2, 0) is 13.2 Å². The summed E-state index contributed by atoms with van der Waals surface area (Å²) in [6, 6.07) is 15.4. The zero-order valence-electron chi connectivity index (χ0n) is 15.4. The Kier molecular flexibility index (Phi) is 8.72. The maximum Gasteiger partial charge on any atom is 0.277 e. The topological polar surface area (TPSA) is 115 Å². The highest BCUT2D eigenvalue weighted by Gasteiger charge is 2.14. The Morgan fingerprint density at radius 2 is 1.86 bits per heavy atom. The third-order valence-electron chi connectivity index (χ3n) is 3.92. The first-order valence-electron chi connectivity index (χ1n) is 8.65. The van der Waals surface area contributed by atoms with E-state index in [1.165, 1.54) is 0 Å². The van der Waals surface area contributed by atoms with E-state index in [-0.39, 0.29) is 23.9 Å². The quantitative estimate of drug-likeness (QED) is 0.440. The number of ether oxygens (including phenoxy) is 1. The van der Waals surface area contributed by atoms with Gasteiger partial charge in [0.25, 0.3) is 5.91 Å². The van der Waals surface area contributed by atoms with Gasteiger partial charge in [0, 0.05) is 30.2 Å². The Balaban J connectivity index is 0.00000300. The zero-order valence-corrected chi connectivity index (χ0v) is 17.0. The number of carbonyl (C=O) groups is 1. The van der Waals surface area contributed by atoms with Crippen LogP contribution in [0.3, 0.4) is 0 Å². The van der Waals surface area contributed by atoms with E-state index in [1.807, 2.05) is 48.5 Å². The molecule has 0 saturated carbocycles. The lowest BCUT2D eigenvalue weighted by Crippen LogP contribution is -2.32. The van der Waals surface area contributed by atoms with E-state index >= 15 is 0 Å². The minimum Gasteiger partial charge on any atom is -0.489 e. The van der Waals surface area contributed by atoms with Gasteiger partial charge in [-0.3, -0.25) is 4.79 Å². The van der Waals surface area contributed by atoms with Crippen molar-refractivity contribution in [2.24, 2.45) is 0 Å². The van der Waals surface area contributed by atoms with Gasteiger partial charge in [-0.05, 0) is 34.1 Å². The third-order valence-corrected chi connectivity index (χ3v) is 4.29. The van der Waals surface area contributed by atoms with Gasteiger partial charge in [-0.2, -0.15) is 0 Å². The second-order valence-corrected chi connectivity index (χ2v) is 6.36. The molecule has 0 fully saturated rings. The molecule has 3 rings (SSSR count). The maximum atomic E-state index is 11.8. The summed E-state index contributed by atoms with van der Waals surface area (Å²) in [6.45, 7) is 2.09. The van der Waals surface area contributed by atoms with Gasteiger partial charge in [-0.15, -0.1) is 12.4 Å². The summed E-state index contributed by atoms with van der Waals surface area (Å²) in [6.07, 6.45) is 0. The molecule has 4 N–H and O–H groups in total. The minimum absolute atomic E-state index is 0. The molecule has 10 heteroatoms. The monoisotopic (exact) mass is 437 g/mol. The number of aromatic nitrogens is 2. The molecule has 0 radical (unpaired) electrons. The summed E-state index contributed by atoms with van der Waals surface area (Å²) in [5.74, 6) is 0.331. The number of halogens is 2. The number of nitrogens with zero attached hydrogens (tertiary/aromatic N) is 2. The second kappa shape index (κ2) is 11.3. The van der Waals surface area contributed by atoms with E-state index in [0.29, 0.717) is 31.3 Å². The summed E-state index contributed by atoms with van der Waals surface area (Å²) in [5.41, 5.74) is 7.50. The molecule has 1 heterocycles. The fourth-order valence-electron chi connectivity index (χ4n) is 2.41. The molecule has 0 unspecified atom stereocenters. The lowest BCUT2D eigenvalue weighted by molar-refractivity contribution is 0.0944. The molecule has 154 valence electrons. The number of anilines is 1. The highest BCUT2D eigenvalue weighted by atomic mass is 35.5. The smallest absolute Gasteiger partial charge is 0.277 e. The molecular weight excluding hydrogens is 417 g/mol. The van der Waals surface area contributed by atoms with Crippen molar-refractivity contribution in [3.63, 3.8) is 0 Å². The zero-order chi connectivity index (χ0) is 19.8. The average molecular weight is 438 g/mol. The van der Waals surface area contributed by atoms with Crippen molar-refractivity contribution in [3.05, 3.63) is 70.4 Å². The first-order valence-corrected chi connectivity index (χ1v) is 9.03. The largest absolute Gasteiger partial charge is 0.489 e. The molecule has 3 aromatic rings. The number of carbonyl (C=O) groups excluding carboxylic acids is 1. The number of rotatable bonds is 9. The average Bonchev–Trinajstić information content (AvgIpc) is 3.14. The van der Waals surface area contributed by atoms with Crippen LogP contribution in [0.1, 0.15) is 21.6 Å². The molecule has 1 aromatic heterocycles. The summed E-state index contributed by atoms with van der Waals surface area (Å²) >= 11 is 6.12. The summed E-state index contributed by atoms with van der Waals surface area (Å²) in [7, 11) is 0. The summed E-state index contributed by atoms with van der Waals surface area (Å²) in [4.78, 5) is 11.8. The Hall–Kier alpha value is -2.81. The van der Waals surface area contributed by atoms with Crippen molar-refractivity contribution in [2.45, 2.75) is 13.2 Å². The van der Waals surface area contributed by atoms with E-state index in [1.54, 1.807) is 0 Å². The van der Waals surface area contributed by atoms with Gasteiger partial charge < -0.3 is 21.1 Å². The molecule has 8 nitrogen and oxygen atoms in total. The predicted molar refractivity (Wildman–Crippen MR) is 112 cm³/mol. The van der Waals surface area contributed by atoms with Crippen molar-refractivity contribution in [2.75, 3.05) is 18.8 Å². The SMILES string of the molecule is Cl.Nc1nonc1C(=O)NCCNCc1ccc(OCc2ccccc2Cl)cc1. The van der Waals surface area contributed by atoms with Crippen molar-refractivity contribution < 1.29 is 14.2 Å². The maximum absolute atomic E-state index is 11.8. The van der Waals surface area contributed by atoms with Crippen molar-refractivity contribution in [3.8, 4) is 5.75 Å². The highest BCUT2D eigenvalue weighted by molar-refractivity contribution is 6.31. The van der Waals surface area contributed by atoms with Crippen LogP contribution in [0.15, 0.2) is 53.2 Å². The molecule has 0 atom stereocenters. The molecule has 0 aliphatic heterocycles. The molecule has 0 aliphatic carbocycles. The number of hydrogen-bond donors (Lipinski definition) is 3. The number of nitrogens with two attached hydrogens (primary N) is 1. The van der Waals surface area contributed by atoms with Crippen LogP contribution in [0.25, 0.3) is 0 Å².